The number of aromatic nitrogens is 2. The number of anilines is 1. The van der Waals surface area contributed by atoms with Crippen molar-refractivity contribution in [1.29, 1.82) is 0 Å². The van der Waals surface area contributed by atoms with E-state index < -0.39 is 5.97 Å². The summed E-state index contributed by atoms with van der Waals surface area (Å²) < 4.78 is 1.37. The van der Waals surface area contributed by atoms with Crippen molar-refractivity contribution in [3.8, 4) is 11.1 Å². The quantitative estimate of drug-likeness (QED) is 0.823. The number of aromatic carboxylic acids is 1. The fourth-order valence-electron chi connectivity index (χ4n) is 1.69. The molecule has 0 fully saturated rings. The van der Waals surface area contributed by atoms with Crippen molar-refractivity contribution in [2.75, 3.05) is 5.73 Å². The molecule has 0 unspecified atom stereocenters. The second-order valence-corrected chi connectivity index (χ2v) is 3.90. The number of carboxylic acids is 1. The molecule has 5 heteroatoms. The minimum Gasteiger partial charge on any atom is -0.476 e. The largest absolute Gasteiger partial charge is 0.476 e. The van der Waals surface area contributed by atoms with Gasteiger partial charge < -0.3 is 10.8 Å². The first-order chi connectivity index (χ1) is 8.00. The van der Waals surface area contributed by atoms with Crippen LogP contribution in [0.2, 0.25) is 0 Å². The van der Waals surface area contributed by atoms with Crippen LogP contribution in [0, 0.1) is 6.92 Å². The molecule has 2 rings (SSSR count). The van der Waals surface area contributed by atoms with E-state index in [4.69, 9.17) is 10.8 Å². The number of nitrogen functional groups attached to an aromatic ring is 1. The van der Waals surface area contributed by atoms with E-state index >= 15 is 0 Å². The predicted molar refractivity (Wildman–Crippen MR) is 64.8 cm³/mol. The lowest BCUT2D eigenvalue weighted by molar-refractivity contribution is 0.0690. The van der Waals surface area contributed by atoms with Gasteiger partial charge in [0.25, 0.3) is 0 Å². The normalized spacial score (nSPS) is 10.5. The molecule has 0 aliphatic heterocycles. The number of nitrogens with zero attached hydrogens (tertiary/aromatic N) is 2. The molecule has 0 radical (unpaired) electrons. The Kier molecular flexibility index (Phi) is 2.59. The number of rotatable bonds is 2. The van der Waals surface area contributed by atoms with Crippen LogP contribution in [0.3, 0.4) is 0 Å². The molecule has 0 bridgehead atoms. The molecular weight excluding hydrogens is 218 g/mol. The number of hydrogen-bond donors (Lipinski definition) is 2. The lowest BCUT2D eigenvalue weighted by atomic mass is 10.0. The SMILES string of the molecule is Cc1ccc(-c2c(C(=O)O)nn(C)c2N)cc1. The summed E-state index contributed by atoms with van der Waals surface area (Å²) >= 11 is 0. The van der Waals surface area contributed by atoms with Crippen molar-refractivity contribution in [2.45, 2.75) is 6.92 Å². The molecule has 2 aromatic rings. The molecule has 3 N–H and O–H groups in total. The van der Waals surface area contributed by atoms with Crippen LogP contribution in [0.15, 0.2) is 24.3 Å². The van der Waals surface area contributed by atoms with Gasteiger partial charge in [0.1, 0.15) is 5.82 Å². The Labute approximate surface area is 98.5 Å². The van der Waals surface area contributed by atoms with E-state index in [0.29, 0.717) is 11.4 Å². The maximum Gasteiger partial charge on any atom is 0.357 e. The first kappa shape index (κ1) is 11.2. The Balaban J connectivity index is 2.65. The second kappa shape index (κ2) is 3.93. The second-order valence-electron chi connectivity index (χ2n) is 3.90. The van der Waals surface area contributed by atoms with Crippen molar-refractivity contribution >= 4 is 11.8 Å². The highest BCUT2D eigenvalue weighted by atomic mass is 16.4. The third-order valence-corrected chi connectivity index (χ3v) is 2.63. The molecule has 0 saturated heterocycles. The van der Waals surface area contributed by atoms with Crippen molar-refractivity contribution in [3.05, 3.63) is 35.5 Å². The van der Waals surface area contributed by atoms with Crippen LogP contribution in [0.4, 0.5) is 5.82 Å². The van der Waals surface area contributed by atoms with Gasteiger partial charge in [0, 0.05) is 7.05 Å². The molecule has 0 atom stereocenters. The highest BCUT2D eigenvalue weighted by Gasteiger charge is 2.20. The molecule has 0 aliphatic rings. The molecule has 0 amide bonds. The van der Waals surface area contributed by atoms with Crippen LogP contribution >= 0.6 is 0 Å². The molecule has 17 heavy (non-hydrogen) atoms. The molecule has 1 aromatic carbocycles. The summed E-state index contributed by atoms with van der Waals surface area (Å²) in [5.74, 6) is -0.723. The van der Waals surface area contributed by atoms with Crippen molar-refractivity contribution in [2.24, 2.45) is 7.05 Å². The van der Waals surface area contributed by atoms with Crippen molar-refractivity contribution in [3.63, 3.8) is 0 Å². The molecule has 1 aromatic heterocycles. The molecule has 5 nitrogen and oxygen atoms in total. The average Bonchev–Trinajstić information content (AvgIpc) is 2.57. The predicted octanol–water partition coefficient (Wildman–Crippen LogP) is 1.68. The summed E-state index contributed by atoms with van der Waals surface area (Å²) in [5.41, 5.74) is 8.17. The monoisotopic (exact) mass is 231 g/mol. The summed E-state index contributed by atoms with van der Waals surface area (Å²) in [5, 5.41) is 13.0. The van der Waals surface area contributed by atoms with Gasteiger partial charge in [0.2, 0.25) is 0 Å². The van der Waals surface area contributed by atoms with E-state index in [-0.39, 0.29) is 5.69 Å². The molecule has 0 spiro atoms. The van der Waals surface area contributed by atoms with Gasteiger partial charge in [0.15, 0.2) is 5.69 Å². The van der Waals surface area contributed by atoms with E-state index in [1.165, 1.54) is 4.68 Å². The molecular formula is C12H13N3O2. The summed E-state index contributed by atoms with van der Waals surface area (Å²) in [4.78, 5) is 11.1. The zero-order valence-electron chi connectivity index (χ0n) is 9.64. The van der Waals surface area contributed by atoms with E-state index in [9.17, 15) is 4.79 Å². The van der Waals surface area contributed by atoms with E-state index in [2.05, 4.69) is 5.10 Å². The number of benzene rings is 1. The highest BCUT2D eigenvalue weighted by Crippen LogP contribution is 2.29. The van der Waals surface area contributed by atoms with Crippen molar-refractivity contribution in [1.82, 2.24) is 9.78 Å². The van der Waals surface area contributed by atoms with E-state index in [1.54, 1.807) is 7.05 Å². The van der Waals surface area contributed by atoms with Crippen LogP contribution in [0.1, 0.15) is 16.1 Å². The third-order valence-electron chi connectivity index (χ3n) is 2.63. The van der Waals surface area contributed by atoms with Gasteiger partial charge >= 0.3 is 5.97 Å². The average molecular weight is 231 g/mol. The number of carboxylic acid groups (broad SMARTS) is 1. The van der Waals surface area contributed by atoms with Gasteiger partial charge in [-0.15, -0.1) is 0 Å². The van der Waals surface area contributed by atoms with Crippen LogP contribution in [0.25, 0.3) is 11.1 Å². The Hall–Kier alpha value is -2.30. The van der Waals surface area contributed by atoms with Crippen LogP contribution in [-0.4, -0.2) is 20.9 Å². The first-order valence-electron chi connectivity index (χ1n) is 5.13. The van der Waals surface area contributed by atoms with Crippen molar-refractivity contribution < 1.29 is 9.90 Å². The first-order valence-corrected chi connectivity index (χ1v) is 5.13. The van der Waals surface area contributed by atoms with Gasteiger partial charge in [-0.3, -0.25) is 4.68 Å². The van der Waals surface area contributed by atoms with Gasteiger partial charge in [-0.25, -0.2) is 4.79 Å². The zero-order valence-corrected chi connectivity index (χ0v) is 9.64. The molecule has 88 valence electrons. The fraction of sp³-hybridized carbons (Fsp3) is 0.167. The fourth-order valence-corrected chi connectivity index (χ4v) is 1.69. The molecule has 1 heterocycles. The number of aryl methyl sites for hydroxylation is 2. The van der Waals surface area contributed by atoms with Crippen LogP contribution in [-0.2, 0) is 7.05 Å². The van der Waals surface area contributed by atoms with E-state index in [1.807, 2.05) is 31.2 Å². The Morgan fingerprint density at radius 1 is 1.35 bits per heavy atom. The number of carbonyl (C=O) groups is 1. The smallest absolute Gasteiger partial charge is 0.357 e. The van der Waals surface area contributed by atoms with Gasteiger partial charge in [-0.05, 0) is 12.5 Å². The molecule has 0 saturated carbocycles. The maximum absolute atomic E-state index is 11.1. The lowest BCUT2D eigenvalue weighted by Gasteiger charge is -2.02. The Morgan fingerprint density at radius 2 is 1.94 bits per heavy atom. The minimum absolute atomic E-state index is 0.0196. The minimum atomic E-state index is -1.08. The van der Waals surface area contributed by atoms with Crippen LogP contribution < -0.4 is 5.73 Å². The molecule has 0 aliphatic carbocycles. The Morgan fingerprint density at radius 3 is 2.47 bits per heavy atom. The Bertz CT molecular complexity index is 570. The number of nitrogens with two attached hydrogens (primary N) is 1. The zero-order chi connectivity index (χ0) is 12.6. The van der Waals surface area contributed by atoms with Gasteiger partial charge in [0.05, 0.1) is 5.56 Å². The summed E-state index contributed by atoms with van der Waals surface area (Å²) in [6.07, 6.45) is 0. The third kappa shape index (κ3) is 1.87. The number of hydrogen-bond acceptors (Lipinski definition) is 3. The maximum atomic E-state index is 11.1. The van der Waals surface area contributed by atoms with Gasteiger partial charge in [-0.2, -0.15) is 5.10 Å². The summed E-state index contributed by atoms with van der Waals surface area (Å²) in [6.45, 7) is 1.97. The lowest BCUT2D eigenvalue weighted by Crippen LogP contribution is -2.00. The highest BCUT2D eigenvalue weighted by molar-refractivity contribution is 5.97. The summed E-state index contributed by atoms with van der Waals surface area (Å²) in [6, 6.07) is 7.51. The van der Waals surface area contributed by atoms with Gasteiger partial charge in [-0.1, -0.05) is 29.8 Å². The topological polar surface area (TPSA) is 81.1 Å². The summed E-state index contributed by atoms with van der Waals surface area (Å²) in [7, 11) is 1.62. The van der Waals surface area contributed by atoms with Crippen LogP contribution in [0.5, 0.6) is 0 Å². The van der Waals surface area contributed by atoms with E-state index in [0.717, 1.165) is 11.1 Å². The standard InChI is InChI=1S/C12H13N3O2/c1-7-3-5-8(6-4-7)9-10(12(16)17)14-15(2)11(9)13/h3-6H,13H2,1-2H3,(H,16,17).